The predicted molar refractivity (Wildman–Crippen MR) is 132 cm³/mol. The first-order valence-corrected chi connectivity index (χ1v) is 12.2. The topological polar surface area (TPSA) is 60.7 Å². The average molecular weight is 437 g/mol. The molecule has 1 aliphatic carbocycles. The molecule has 2 aromatic carbocycles. The van der Waals surface area contributed by atoms with Gasteiger partial charge in [0.05, 0.1) is 19.3 Å². The van der Waals surface area contributed by atoms with Crippen molar-refractivity contribution in [2.45, 2.75) is 90.4 Å². The van der Waals surface area contributed by atoms with Crippen molar-refractivity contribution in [3.63, 3.8) is 0 Å². The minimum atomic E-state index is -0.415. The highest BCUT2D eigenvalue weighted by atomic mass is 16.3. The molecule has 0 heterocycles. The van der Waals surface area contributed by atoms with E-state index in [-0.39, 0.29) is 24.5 Å². The standard InChI is InChI=1S/C29H40O3/c1-4-23-18-27(11-9-24(23)10-12-28(32)21(2)3)29(14-5-6-15-29)16-13-22-7-8-25(19-30)26(17-22)20-31/h7-12,17-18,21,28,30-32H,4-6,13-16,19-20H2,1-3H3. The first-order valence-electron chi connectivity index (χ1n) is 12.2. The second-order valence-corrected chi connectivity index (χ2v) is 9.77. The molecule has 0 aromatic heterocycles. The van der Waals surface area contributed by atoms with Gasteiger partial charge in [-0.1, -0.05) is 82.2 Å². The quantitative estimate of drug-likeness (QED) is 0.447. The fraction of sp³-hybridized carbons (Fsp3) is 0.517. The Labute approximate surface area is 193 Å². The largest absolute Gasteiger partial charge is 0.392 e. The van der Waals surface area contributed by atoms with E-state index in [1.54, 1.807) is 0 Å². The lowest BCUT2D eigenvalue weighted by Crippen LogP contribution is -2.23. The molecule has 1 aliphatic rings. The number of aliphatic hydroxyl groups is 3. The molecule has 0 bridgehead atoms. The maximum Gasteiger partial charge on any atom is 0.0747 e. The Morgan fingerprint density at radius 2 is 1.66 bits per heavy atom. The van der Waals surface area contributed by atoms with Crippen LogP contribution in [-0.4, -0.2) is 21.4 Å². The molecule has 3 heteroatoms. The van der Waals surface area contributed by atoms with E-state index in [1.807, 2.05) is 26.0 Å². The highest BCUT2D eigenvalue weighted by molar-refractivity contribution is 5.56. The van der Waals surface area contributed by atoms with Gasteiger partial charge >= 0.3 is 0 Å². The minimum absolute atomic E-state index is 0.0325. The van der Waals surface area contributed by atoms with E-state index >= 15 is 0 Å². The van der Waals surface area contributed by atoms with Gasteiger partial charge in [0.25, 0.3) is 0 Å². The normalized spacial score (nSPS) is 16.8. The summed E-state index contributed by atoms with van der Waals surface area (Å²) in [6.07, 6.45) is 11.6. The van der Waals surface area contributed by atoms with Crippen LogP contribution in [0.5, 0.6) is 0 Å². The molecule has 2 aromatic rings. The van der Waals surface area contributed by atoms with Crippen LogP contribution in [0.25, 0.3) is 6.08 Å². The van der Waals surface area contributed by atoms with Gasteiger partial charge < -0.3 is 15.3 Å². The van der Waals surface area contributed by atoms with E-state index in [9.17, 15) is 15.3 Å². The van der Waals surface area contributed by atoms with Gasteiger partial charge in [-0.25, -0.2) is 0 Å². The van der Waals surface area contributed by atoms with E-state index in [0.29, 0.717) is 0 Å². The summed E-state index contributed by atoms with van der Waals surface area (Å²) in [5.74, 6) is 0.218. The molecule has 174 valence electrons. The number of aliphatic hydroxyl groups excluding tert-OH is 3. The van der Waals surface area contributed by atoms with Gasteiger partial charge in [0.1, 0.15) is 0 Å². The second-order valence-electron chi connectivity index (χ2n) is 9.77. The molecule has 1 unspecified atom stereocenters. The van der Waals surface area contributed by atoms with E-state index in [1.165, 1.54) is 47.9 Å². The van der Waals surface area contributed by atoms with E-state index < -0.39 is 6.10 Å². The van der Waals surface area contributed by atoms with Gasteiger partial charge in [-0.2, -0.15) is 0 Å². The monoisotopic (exact) mass is 436 g/mol. The summed E-state index contributed by atoms with van der Waals surface area (Å²) in [6, 6.07) is 13.0. The lowest BCUT2D eigenvalue weighted by molar-refractivity contribution is 0.173. The maximum atomic E-state index is 10.2. The number of rotatable bonds is 10. The summed E-state index contributed by atoms with van der Waals surface area (Å²) in [5, 5.41) is 29.3. The van der Waals surface area contributed by atoms with Crippen LogP contribution in [0, 0.1) is 5.92 Å². The van der Waals surface area contributed by atoms with E-state index in [0.717, 1.165) is 30.4 Å². The van der Waals surface area contributed by atoms with Crippen molar-refractivity contribution < 1.29 is 15.3 Å². The van der Waals surface area contributed by atoms with Crippen molar-refractivity contribution in [2.75, 3.05) is 0 Å². The minimum Gasteiger partial charge on any atom is -0.392 e. The molecule has 0 aliphatic heterocycles. The third-order valence-corrected chi connectivity index (χ3v) is 7.36. The maximum absolute atomic E-state index is 10.2. The SMILES string of the molecule is CCc1cc(C2(CCc3ccc(CO)c(CO)c3)CCCC2)ccc1C=CC(O)C(C)C. The van der Waals surface area contributed by atoms with Crippen molar-refractivity contribution >= 4 is 6.08 Å². The molecule has 0 saturated heterocycles. The Morgan fingerprint density at radius 3 is 2.28 bits per heavy atom. The molecule has 1 saturated carbocycles. The van der Waals surface area contributed by atoms with Gasteiger partial charge in [0.2, 0.25) is 0 Å². The number of benzene rings is 2. The molecule has 0 amide bonds. The van der Waals surface area contributed by atoms with Crippen molar-refractivity contribution in [3.8, 4) is 0 Å². The molecule has 0 spiro atoms. The lowest BCUT2D eigenvalue weighted by Gasteiger charge is -2.31. The van der Waals surface area contributed by atoms with Crippen LogP contribution in [0.4, 0.5) is 0 Å². The first kappa shape index (κ1) is 24.7. The van der Waals surface area contributed by atoms with Gasteiger partial charge in [-0.05, 0) is 76.8 Å². The molecule has 1 atom stereocenters. The van der Waals surface area contributed by atoms with Crippen molar-refractivity contribution in [1.82, 2.24) is 0 Å². The molecule has 3 rings (SSSR count). The fourth-order valence-electron chi connectivity index (χ4n) is 5.08. The van der Waals surface area contributed by atoms with Crippen molar-refractivity contribution in [3.05, 3.63) is 75.9 Å². The number of hydrogen-bond donors (Lipinski definition) is 3. The van der Waals surface area contributed by atoms with Crippen LogP contribution in [0.2, 0.25) is 0 Å². The Morgan fingerprint density at radius 1 is 0.938 bits per heavy atom. The van der Waals surface area contributed by atoms with Crippen LogP contribution < -0.4 is 0 Å². The van der Waals surface area contributed by atoms with E-state index in [4.69, 9.17) is 0 Å². The molecule has 1 fully saturated rings. The zero-order chi connectivity index (χ0) is 23.1. The van der Waals surface area contributed by atoms with Crippen LogP contribution in [0.15, 0.2) is 42.5 Å². The average Bonchev–Trinajstić information content (AvgIpc) is 3.30. The fourth-order valence-corrected chi connectivity index (χ4v) is 5.08. The summed E-state index contributed by atoms with van der Waals surface area (Å²) in [6.45, 7) is 6.20. The lowest BCUT2D eigenvalue weighted by atomic mass is 9.73. The molecule has 3 nitrogen and oxygen atoms in total. The molecule has 32 heavy (non-hydrogen) atoms. The first-order chi connectivity index (χ1) is 15.4. The molecular formula is C29H40O3. The third kappa shape index (κ3) is 5.70. The second kappa shape index (κ2) is 11.3. The van der Waals surface area contributed by atoms with Crippen molar-refractivity contribution in [2.24, 2.45) is 5.92 Å². The summed E-state index contributed by atoms with van der Waals surface area (Å²) in [7, 11) is 0. The molecule has 3 N–H and O–H groups in total. The van der Waals surface area contributed by atoms with Crippen LogP contribution in [-0.2, 0) is 31.5 Å². The Balaban J connectivity index is 1.83. The van der Waals surface area contributed by atoms with Gasteiger partial charge in [0.15, 0.2) is 0 Å². The Kier molecular flexibility index (Phi) is 8.70. The highest BCUT2D eigenvalue weighted by Crippen LogP contribution is 2.45. The summed E-state index contributed by atoms with van der Waals surface area (Å²) in [5.41, 5.74) is 7.08. The predicted octanol–water partition coefficient (Wildman–Crippen LogP) is 5.71. The van der Waals surface area contributed by atoms with Gasteiger partial charge in [-0.15, -0.1) is 0 Å². The Bertz CT molecular complexity index is 907. The third-order valence-electron chi connectivity index (χ3n) is 7.36. The number of hydrogen-bond acceptors (Lipinski definition) is 3. The van der Waals surface area contributed by atoms with Crippen LogP contribution >= 0.6 is 0 Å². The van der Waals surface area contributed by atoms with Gasteiger partial charge in [-0.3, -0.25) is 0 Å². The number of aryl methyl sites for hydroxylation is 2. The Hall–Kier alpha value is -1.94. The smallest absolute Gasteiger partial charge is 0.0747 e. The zero-order valence-electron chi connectivity index (χ0n) is 20.0. The van der Waals surface area contributed by atoms with Gasteiger partial charge in [0, 0.05) is 0 Å². The summed E-state index contributed by atoms with van der Waals surface area (Å²) < 4.78 is 0. The summed E-state index contributed by atoms with van der Waals surface area (Å²) in [4.78, 5) is 0. The highest BCUT2D eigenvalue weighted by Gasteiger charge is 2.35. The van der Waals surface area contributed by atoms with E-state index in [2.05, 4.69) is 43.3 Å². The van der Waals surface area contributed by atoms with Crippen molar-refractivity contribution in [1.29, 1.82) is 0 Å². The molecular weight excluding hydrogens is 396 g/mol. The molecule has 0 radical (unpaired) electrons. The summed E-state index contributed by atoms with van der Waals surface area (Å²) >= 11 is 0. The zero-order valence-corrected chi connectivity index (χ0v) is 20.0. The van der Waals surface area contributed by atoms with Crippen LogP contribution in [0.3, 0.4) is 0 Å². The van der Waals surface area contributed by atoms with Crippen LogP contribution in [0.1, 0.15) is 86.3 Å².